The average molecular weight is 613 g/mol. The molecule has 0 aromatic carbocycles. The molecule has 0 saturated carbocycles. The number of amides is 1. The number of alkyl halides is 1. The molecule has 0 aliphatic carbocycles. The number of hydrogen-bond donors (Lipinski definition) is 4. The van der Waals surface area contributed by atoms with Crippen LogP contribution in [0.4, 0.5) is 4.39 Å². The first kappa shape index (κ1) is 31.8. The van der Waals surface area contributed by atoms with Crippen LogP contribution >= 0.6 is 0 Å². The summed E-state index contributed by atoms with van der Waals surface area (Å²) in [6.07, 6.45) is 4.86. The van der Waals surface area contributed by atoms with Crippen molar-refractivity contribution in [2.45, 2.75) is 88.6 Å². The quantitative estimate of drug-likeness (QED) is 0.295. The van der Waals surface area contributed by atoms with E-state index in [1.165, 1.54) is 0 Å². The van der Waals surface area contributed by atoms with Crippen molar-refractivity contribution < 1.29 is 26.9 Å². The van der Waals surface area contributed by atoms with Gasteiger partial charge < -0.3 is 26.4 Å². The largest absolute Gasteiger partial charge is 0.381 e. The van der Waals surface area contributed by atoms with E-state index < -0.39 is 28.3 Å². The van der Waals surface area contributed by atoms with Crippen molar-refractivity contribution in [1.29, 1.82) is 0 Å². The molecule has 0 aromatic heterocycles. The molecule has 42 heavy (non-hydrogen) atoms. The fraction of sp³-hybridized carbons (Fsp3) is 0.862. The van der Waals surface area contributed by atoms with Gasteiger partial charge in [0.15, 0.2) is 18.4 Å². The molecular formula is C29H51FN7O4S+. The molecule has 0 spiro atoms. The lowest BCUT2D eigenvalue weighted by Crippen LogP contribution is -2.70. The molecule has 5 aliphatic heterocycles. The molecule has 5 N–H and O–H groups in total. The summed E-state index contributed by atoms with van der Waals surface area (Å²) < 4.78 is 50.4. The summed E-state index contributed by atoms with van der Waals surface area (Å²) in [5.41, 5.74) is 7.21. The second kappa shape index (κ2) is 13.2. The number of fused-ring (bicyclic) bond motifs is 2. The molecule has 5 heterocycles. The normalized spacial score (nSPS) is 37.5. The van der Waals surface area contributed by atoms with Crippen LogP contribution in [-0.4, -0.2) is 129 Å². The minimum Gasteiger partial charge on any atom is -0.381 e. The Morgan fingerprint density at radius 2 is 1.93 bits per heavy atom. The molecule has 0 aromatic rings. The molecule has 5 aliphatic rings. The van der Waals surface area contributed by atoms with Crippen LogP contribution in [0.1, 0.15) is 52.9 Å². The number of sulfonamides is 1. The Labute approximate surface area is 250 Å². The Hall–Kier alpha value is -1.64. The number of nitrogens with zero attached hydrogens (tertiary/aromatic N) is 3. The molecule has 7 atom stereocenters. The predicted molar refractivity (Wildman–Crippen MR) is 160 cm³/mol. The molecule has 1 amide bonds. The average Bonchev–Trinajstić information content (AvgIpc) is 3.00. The van der Waals surface area contributed by atoms with Crippen molar-refractivity contribution in [2.24, 2.45) is 17.1 Å². The molecular weight excluding hydrogens is 561 g/mol. The Morgan fingerprint density at radius 3 is 2.60 bits per heavy atom. The zero-order chi connectivity index (χ0) is 30.1. The van der Waals surface area contributed by atoms with E-state index in [1.54, 1.807) is 10.5 Å². The third-order valence-electron chi connectivity index (χ3n) is 10.4. The molecule has 0 radical (unpaired) electrons. The highest BCUT2D eigenvalue weighted by atomic mass is 32.2. The smallest absolute Gasteiger partial charge is 0.233 e. The van der Waals surface area contributed by atoms with Crippen molar-refractivity contribution in [3.63, 3.8) is 0 Å². The minimum atomic E-state index is -3.35. The van der Waals surface area contributed by atoms with Gasteiger partial charge in [-0.25, -0.2) is 17.4 Å². The number of allylic oxidation sites excluding steroid dienone is 1. The van der Waals surface area contributed by atoms with Gasteiger partial charge in [-0.15, -0.1) is 0 Å². The zero-order valence-electron chi connectivity index (χ0n) is 25.4. The van der Waals surface area contributed by atoms with Crippen LogP contribution in [0.25, 0.3) is 0 Å². The van der Waals surface area contributed by atoms with Crippen molar-refractivity contribution in [1.82, 2.24) is 25.2 Å². The molecule has 238 valence electrons. The number of nitrogens with two attached hydrogens (primary N) is 1. The van der Waals surface area contributed by atoms with Crippen LogP contribution in [0.15, 0.2) is 11.8 Å². The van der Waals surface area contributed by atoms with Gasteiger partial charge in [0.2, 0.25) is 15.9 Å². The molecule has 11 nitrogen and oxygen atoms in total. The maximum absolute atomic E-state index is 14.8. The standard InChI is InChI=1S/C29H50FN7O4S/c1-4-29(3)24-7-6-20(30)19-35(5-2)26(29)25(27(31)34-24)28(38)33-22-18-32-11-8-23(22)36-12-14-37(15-13-36)42(39,40)21-9-16-41-17-10-21/h7,19-23,25-27,32,34H,4-6,8-18,31H2,1-3H3/p+1. The van der Waals surface area contributed by atoms with Crippen LogP contribution in [0.2, 0.25) is 0 Å². The highest BCUT2D eigenvalue weighted by molar-refractivity contribution is 7.89. The van der Waals surface area contributed by atoms with E-state index in [0.29, 0.717) is 65.3 Å². The number of rotatable bonds is 7. The fourth-order valence-electron chi connectivity index (χ4n) is 7.83. The van der Waals surface area contributed by atoms with Crippen LogP contribution < -0.4 is 21.7 Å². The van der Waals surface area contributed by atoms with E-state index in [2.05, 4.69) is 34.7 Å². The number of carbonyl (C=O) groups excluding carboxylic acids is 1. The van der Waals surface area contributed by atoms with Crippen molar-refractivity contribution in [2.75, 3.05) is 59.0 Å². The number of piperidine rings is 2. The number of nitrogens with one attached hydrogen (secondary N) is 3. The van der Waals surface area contributed by atoms with Gasteiger partial charge in [0.1, 0.15) is 12.5 Å². The third-order valence-corrected chi connectivity index (χ3v) is 12.8. The molecule has 5 rings (SSSR count). The SMILES string of the molecule is CC[N+]1=CC(F)CC=C2NC(N)C(C(=O)NC3CNCCC3N3CCN(S(=O)(=O)C4CCOCC4)CC3)C1C2(C)CC. The van der Waals surface area contributed by atoms with E-state index >= 15 is 0 Å². The molecule has 7 unspecified atom stereocenters. The molecule has 2 bridgehead atoms. The second-order valence-electron chi connectivity index (χ2n) is 12.7. The zero-order valence-corrected chi connectivity index (χ0v) is 26.3. The number of carbonyl (C=O) groups is 1. The van der Waals surface area contributed by atoms with E-state index in [1.807, 2.05) is 17.6 Å². The summed E-state index contributed by atoms with van der Waals surface area (Å²) in [4.78, 5) is 16.5. The molecule has 13 heteroatoms. The van der Waals surface area contributed by atoms with Gasteiger partial charge in [0, 0.05) is 64.1 Å². The first-order valence-corrected chi connectivity index (χ1v) is 17.4. The van der Waals surface area contributed by atoms with Gasteiger partial charge in [-0.2, -0.15) is 4.31 Å². The van der Waals surface area contributed by atoms with Crippen LogP contribution in [0, 0.1) is 11.3 Å². The Kier molecular flexibility index (Phi) is 9.95. The van der Waals surface area contributed by atoms with Crippen molar-refractivity contribution in [3.8, 4) is 0 Å². The highest BCUT2D eigenvalue weighted by Gasteiger charge is 2.57. The lowest BCUT2D eigenvalue weighted by molar-refractivity contribution is -0.585. The van der Waals surface area contributed by atoms with Gasteiger partial charge in [0.05, 0.1) is 22.9 Å². The maximum Gasteiger partial charge on any atom is 0.233 e. The van der Waals surface area contributed by atoms with Crippen LogP contribution in [0.5, 0.6) is 0 Å². The number of halogens is 1. The second-order valence-corrected chi connectivity index (χ2v) is 14.9. The van der Waals surface area contributed by atoms with E-state index in [4.69, 9.17) is 10.5 Å². The first-order valence-electron chi connectivity index (χ1n) is 15.9. The van der Waals surface area contributed by atoms with Gasteiger partial charge in [0.25, 0.3) is 0 Å². The van der Waals surface area contributed by atoms with Gasteiger partial charge in [-0.1, -0.05) is 13.0 Å². The minimum absolute atomic E-state index is 0.0883. The monoisotopic (exact) mass is 612 g/mol. The van der Waals surface area contributed by atoms with Gasteiger partial charge in [-0.3, -0.25) is 9.69 Å². The Morgan fingerprint density at radius 1 is 1.21 bits per heavy atom. The van der Waals surface area contributed by atoms with Crippen LogP contribution in [0.3, 0.4) is 0 Å². The first-order chi connectivity index (χ1) is 20.1. The summed E-state index contributed by atoms with van der Waals surface area (Å²) in [7, 11) is -3.35. The van der Waals surface area contributed by atoms with Gasteiger partial charge >= 0.3 is 0 Å². The summed E-state index contributed by atoms with van der Waals surface area (Å²) in [6.45, 7) is 11.5. The molecule has 4 fully saturated rings. The predicted octanol–water partition coefficient (Wildman–Crippen LogP) is -0.0225. The van der Waals surface area contributed by atoms with E-state index in [9.17, 15) is 17.6 Å². The topological polar surface area (TPSA) is 132 Å². The van der Waals surface area contributed by atoms with Gasteiger partial charge in [-0.05, 0) is 46.1 Å². The Bertz CT molecular complexity index is 1140. The third kappa shape index (κ3) is 6.14. The molecule has 4 saturated heterocycles. The summed E-state index contributed by atoms with van der Waals surface area (Å²) in [6, 6.07) is -0.351. The van der Waals surface area contributed by atoms with Crippen molar-refractivity contribution in [3.05, 3.63) is 11.8 Å². The number of ether oxygens (including phenoxy) is 1. The fourth-order valence-corrected chi connectivity index (χ4v) is 9.71. The summed E-state index contributed by atoms with van der Waals surface area (Å²) in [5.74, 6) is -0.710. The summed E-state index contributed by atoms with van der Waals surface area (Å²) >= 11 is 0. The Balaban J connectivity index is 1.30. The lowest BCUT2D eigenvalue weighted by atomic mass is 9.66. The number of piperazine rings is 1. The van der Waals surface area contributed by atoms with E-state index in [-0.39, 0.29) is 41.1 Å². The van der Waals surface area contributed by atoms with Crippen LogP contribution in [-0.2, 0) is 19.6 Å². The number of hydrogen-bond acceptors (Lipinski definition) is 8. The lowest BCUT2D eigenvalue weighted by Gasteiger charge is -2.49. The maximum atomic E-state index is 14.8. The summed E-state index contributed by atoms with van der Waals surface area (Å²) in [5, 5.41) is 9.81. The van der Waals surface area contributed by atoms with E-state index in [0.717, 1.165) is 25.1 Å². The van der Waals surface area contributed by atoms with Crippen molar-refractivity contribution >= 4 is 22.1 Å². The highest BCUT2D eigenvalue weighted by Crippen LogP contribution is 2.44.